The lowest BCUT2D eigenvalue weighted by Gasteiger charge is -2.03. The van der Waals surface area contributed by atoms with Crippen LogP contribution in [0.5, 0.6) is 5.75 Å². The molecule has 0 aliphatic carbocycles. The largest absolute Gasteiger partial charge is 0.484 e. The number of nitrogens with two attached hydrogens (primary N) is 1. The van der Waals surface area contributed by atoms with Gasteiger partial charge in [0.1, 0.15) is 5.75 Å². The number of nitrogens with zero attached hydrogens (tertiary/aromatic N) is 1. The maximum Gasteiger partial charge on any atom is 0.271 e. The van der Waals surface area contributed by atoms with Crippen molar-refractivity contribution in [2.24, 2.45) is 10.8 Å². The third-order valence-electron chi connectivity index (χ3n) is 2.82. The molecule has 0 heterocycles. The number of carbonyl (C=O) groups is 2. The fourth-order valence-corrected chi connectivity index (χ4v) is 1.97. The first-order chi connectivity index (χ1) is 11.5. The van der Waals surface area contributed by atoms with Crippen LogP contribution in [0.25, 0.3) is 0 Å². The Bertz CT molecular complexity index is 777. The van der Waals surface area contributed by atoms with Gasteiger partial charge in [-0.25, -0.2) is 5.43 Å². The standard InChI is InChI=1S/C16H13Cl2N3O3/c17-13-6-3-11(7-14(13)18)16(23)21-20-8-10-1-4-12(5-2-10)24-9-15(19)22/h1-8H,9H2,(H2,19,22)(H,21,23)/b20-8-. The molecule has 0 aromatic heterocycles. The van der Waals surface area contributed by atoms with Crippen molar-refractivity contribution in [2.75, 3.05) is 6.61 Å². The summed E-state index contributed by atoms with van der Waals surface area (Å²) < 4.78 is 5.13. The van der Waals surface area contributed by atoms with Crippen LogP contribution in [0, 0.1) is 0 Å². The van der Waals surface area contributed by atoms with Crippen LogP contribution in [0.1, 0.15) is 15.9 Å². The molecule has 0 aliphatic heterocycles. The number of nitrogens with one attached hydrogen (secondary N) is 1. The monoisotopic (exact) mass is 365 g/mol. The fraction of sp³-hybridized carbons (Fsp3) is 0.0625. The van der Waals surface area contributed by atoms with Crippen molar-refractivity contribution in [3.8, 4) is 5.75 Å². The minimum atomic E-state index is -0.550. The minimum absolute atomic E-state index is 0.187. The van der Waals surface area contributed by atoms with E-state index in [1.807, 2.05) is 0 Å². The summed E-state index contributed by atoms with van der Waals surface area (Å²) in [7, 11) is 0. The average Bonchev–Trinajstić information content (AvgIpc) is 2.56. The molecule has 2 aromatic rings. The molecule has 124 valence electrons. The molecule has 0 fully saturated rings. The number of benzene rings is 2. The first-order valence-electron chi connectivity index (χ1n) is 6.75. The molecule has 8 heteroatoms. The number of ether oxygens (including phenoxy) is 1. The molecule has 3 N–H and O–H groups in total. The molecule has 0 atom stereocenters. The Morgan fingerprint density at radius 2 is 1.83 bits per heavy atom. The third kappa shape index (κ3) is 5.26. The van der Waals surface area contributed by atoms with Crippen LogP contribution >= 0.6 is 23.2 Å². The van der Waals surface area contributed by atoms with Gasteiger partial charge in [-0.05, 0) is 48.0 Å². The molecule has 0 saturated carbocycles. The molecule has 0 bridgehead atoms. The van der Waals surface area contributed by atoms with Crippen LogP contribution in [0.4, 0.5) is 0 Å². The molecular formula is C16H13Cl2N3O3. The van der Waals surface area contributed by atoms with E-state index in [-0.39, 0.29) is 6.61 Å². The Hall–Kier alpha value is -2.57. The normalized spacial score (nSPS) is 10.6. The fourth-order valence-electron chi connectivity index (χ4n) is 1.67. The highest BCUT2D eigenvalue weighted by atomic mass is 35.5. The smallest absolute Gasteiger partial charge is 0.271 e. The summed E-state index contributed by atoms with van der Waals surface area (Å²) in [5.74, 6) is -0.456. The predicted molar refractivity (Wildman–Crippen MR) is 92.7 cm³/mol. The van der Waals surface area contributed by atoms with Gasteiger partial charge in [-0.1, -0.05) is 23.2 Å². The van der Waals surface area contributed by atoms with Gasteiger partial charge in [-0.15, -0.1) is 0 Å². The van der Waals surface area contributed by atoms with Crippen molar-refractivity contribution in [1.82, 2.24) is 5.43 Å². The van der Waals surface area contributed by atoms with Crippen molar-refractivity contribution in [2.45, 2.75) is 0 Å². The van der Waals surface area contributed by atoms with Gasteiger partial charge in [-0.3, -0.25) is 9.59 Å². The van der Waals surface area contributed by atoms with E-state index >= 15 is 0 Å². The van der Waals surface area contributed by atoms with Crippen LogP contribution in [0.15, 0.2) is 47.6 Å². The molecule has 0 unspecified atom stereocenters. The summed E-state index contributed by atoms with van der Waals surface area (Å²) in [5, 5.41) is 4.52. The SMILES string of the molecule is NC(=O)COc1ccc(/C=N\NC(=O)c2ccc(Cl)c(Cl)c2)cc1. The second kappa shape index (κ2) is 8.33. The van der Waals surface area contributed by atoms with E-state index in [2.05, 4.69) is 10.5 Å². The Morgan fingerprint density at radius 3 is 2.46 bits per heavy atom. The van der Waals surface area contributed by atoms with E-state index in [0.717, 1.165) is 5.56 Å². The first kappa shape index (κ1) is 17.8. The van der Waals surface area contributed by atoms with Gasteiger partial charge < -0.3 is 10.5 Å². The first-order valence-corrected chi connectivity index (χ1v) is 7.51. The van der Waals surface area contributed by atoms with Crippen molar-refractivity contribution < 1.29 is 14.3 Å². The van der Waals surface area contributed by atoms with Crippen LogP contribution < -0.4 is 15.9 Å². The molecule has 2 aromatic carbocycles. The zero-order valence-corrected chi connectivity index (χ0v) is 13.8. The Morgan fingerprint density at radius 1 is 1.12 bits per heavy atom. The maximum absolute atomic E-state index is 11.9. The van der Waals surface area contributed by atoms with E-state index in [0.29, 0.717) is 21.4 Å². The Labute approximate surface area is 148 Å². The van der Waals surface area contributed by atoms with Crippen molar-refractivity contribution in [1.29, 1.82) is 0 Å². The summed E-state index contributed by atoms with van der Waals surface area (Å²) in [4.78, 5) is 22.5. The van der Waals surface area contributed by atoms with Crippen molar-refractivity contribution >= 4 is 41.2 Å². The lowest BCUT2D eigenvalue weighted by molar-refractivity contribution is -0.119. The topological polar surface area (TPSA) is 93.8 Å². The number of rotatable bonds is 6. The second-order valence-electron chi connectivity index (χ2n) is 4.65. The van der Waals surface area contributed by atoms with Crippen LogP contribution in [0.2, 0.25) is 10.0 Å². The second-order valence-corrected chi connectivity index (χ2v) is 5.47. The lowest BCUT2D eigenvalue weighted by Crippen LogP contribution is -2.20. The van der Waals surface area contributed by atoms with Gasteiger partial charge in [0.15, 0.2) is 6.61 Å². The number of amides is 2. The number of hydrogen-bond donors (Lipinski definition) is 2. The van der Waals surface area contributed by atoms with Crippen LogP contribution in [0.3, 0.4) is 0 Å². The summed E-state index contributed by atoms with van der Waals surface area (Å²) in [5.41, 5.74) is 8.45. The third-order valence-corrected chi connectivity index (χ3v) is 3.56. The van der Waals surface area contributed by atoms with E-state index < -0.39 is 11.8 Å². The number of carbonyl (C=O) groups excluding carboxylic acids is 2. The zero-order chi connectivity index (χ0) is 17.5. The van der Waals surface area contributed by atoms with E-state index in [1.54, 1.807) is 30.3 Å². The average molecular weight is 366 g/mol. The zero-order valence-electron chi connectivity index (χ0n) is 12.3. The lowest BCUT2D eigenvalue weighted by atomic mass is 10.2. The highest BCUT2D eigenvalue weighted by Crippen LogP contribution is 2.22. The summed E-state index contributed by atoms with van der Waals surface area (Å²) in [6.07, 6.45) is 1.47. The molecule has 6 nitrogen and oxygen atoms in total. The number of hydrazone groups is 1. The summed E-state index contributed by atoms with van der Waals surface area (Å²) in [6, 6.07) is 11.3. The van der Waals surface area contributed by atoms with Gasteiger partial charge in [0.25, 0.3) is 11.8 Å². The summed E-state index contributed by atoms with van der Waals surface area (Å²) in [6.45, 7) is -0.187. The van der Waals surface area contributed by atoms with Crippen molar-refractivity contribution in [3.05, 3.63) is 63.6 Å². The molecular weight excluding hydrogens is 353 g/mol. The molecule has 2 rings (SSSR count). The number of hydrogen-bond acceptors (Lipinski definition) is 4. The molecule has 24 heavy (non-hydrogen) atoms. The molecule has 0 spiro atoms. The van der Waals surface area contributed by atoms with Gasteiger partial charge in [0.05, 0.1) is 16.3 Å². The highest BCUT2D eigenvalue weighted by Gasteiger charge is 2.06. The van der Waals surface area contributed by atoms with Crippen molar-refractivity contribution in [3.63, 3.8) is 0 Å². The van der Waals surface area contributed by atoms with Crippen LogP contribution in [-0.2, 0) is 4.79 Å². The Kier molecular flexibility index (Phi) is 6.17. The number of halogens is 2. The van der Waals surface area contributed by atoms with E-state index in [1.165, 1.54) is 18.3 Å². The van der Waals surface area contributed by atoms with E-state index in [9.17, 15) is 9.59 Å². The Balaban J connectivity index is 1.92. The van der Waals surface area contributed by atoms with Gasteiger partial charge in [0.2, 0.25) is 0 Å². The quantitative estimate of drug-likeness (QED) is 0.608. The number of primary amides is 1. The van der Waals surface area contributed by atoms with E-state index in [4.69, 9.17) is 33.7 Å². The summed E-state index contributed by atoms with van der Waals surface area (Å²) >= 11 is 11.6. The van der Waals surface area contributed by atoms with Gasteiger partial charge in [-0.2, -0.15) is 5.10 Å². The molecule has 0 radical (unpaired) electrons. The highest BCUT2D eigenvalue weighted by molar-refractivity contribution is 6.42. The molecule has 0 saturated heterocycles. The van der Waals surface area contributed by atoms with Gasteiger partial charge >= 0.3 is 0 Å². The minimum Gasteiger partial charge on any atom is -0.484 e. The molecule has 0 aliphatic rings. The van der Waals surface area contributed by atoms with Crippen LogP contribution in [-0.4, -0.2) is 24.6 Å². The molecule has 2 amide bonds. The maximum atomic E-state index is 11.9. The predicted octanol–water partition coefficient (Wildman–Crippen LogP) is 2.62. The van der Waals surface area contributed by atoms with Gasteiger partial charge in [0, 0.05) is 5.56 Å².